The fraction of sp³-hybridized carbons (Fsp3) is 0.889. The maximum absolute atomic E-state index is 11.1. The molecule has 2 heteroatoms. The van der Waals surface area contributed by atoms with Crippen LogP contribution in [0.15, 0.2) is 0 Å². The maximum Gasteiger partial charge on any atom is 0.149 e. The number of hydrogen-bond donors (Lipinski definition) is 1. The molecule has 0 rings (SSSR count). The van der Waals surface area contributed by atoms with Gasteiger partial charge in [-0.05, 0) is 12.5 Å². The number of ketones is 1. The molecule has 0 saturated heterocycles. The van der Waals surface area contributed by atoms with Crippen LogP contribution in [0.2, 0.25) is 0 Å². The van der Waals surface area contributed by atoms with Crippen molar-refractivity contribution in [3.8, 4) is 0 Å². The van der Waals surface area contributed by atoms with Crippen LogP contribution in [0.1, 0.15) is 27.7 Å². The highest BCUT2D eigenvalue weighted by Crippen LogP contribution is 1.93. The second-order valence-corrected chi connectivity index (χ2v) is 3.65. The highest BCUT2D eigenvalue weighted by molar-refractivity contribution is 5.82. The molecular formula is C9H19NO. The van der Waals surface area contributed by atoms with E-state index in [9.17, 15) is 4.79 Å². The van der Waals surface area contributed by atoms with Crippen LogP contribution in [0.4, 0.5) is 0 Å². The van der Waals surface area contributed by atoms with Crippen molar-refractivity contribution in [3.05, 3.63) is 0 Å². The van der Waals surface area contributed by atoms with E-state index < -0.39 is 0 Å². The van der Waals surface area contributed by atoms with Gasteiger partial charge in [0.05, 0.1) is 6.54 Å². The molecule has 0 amide bonds. The SMILES string of the molecule is CC(C)CNCC(=O)C(C)C. The smallest absolute Gasteiger partial charge is 0.149 e. The van der Waals surface area contributed by atoms with Crippen LogP contribution in [0.25, 0.3) is 0 Å². The van der Waals surface area contributed by atoms with Crippen LogP contribution in [0.5, 0.6) is 0 Å². The van der Waals surface area contributed by atoms with Gasteiger partial charge in [-0.25, -0.2) is 0 Å². The van der Waals surface area contributed by atoms with Gasteiger partial charge in [0, 0.05) is 5.92 Å². The lowest BCUT2D eigenvalue weighted by Crippen LogP contribution is -2.28. The first kappa shape index (κ1) is 10.6. The van der Waals surface area contributed by atoms with Gasteiger partial charge in [0.15, 0.2) is 0 Å². The second-order valence-electron chi connectivity index (χ2n) is 3.65. The van der Waals surface area contributed by atoms with Crippen LogP contribution in [0.3, 0.4) is 0 Å². The number of Topliss-reactive ketones (excluding diaryl/α,β-unsaturated/α-hetero) is 1. The van der Waals surface area contributed by atoms with Crippen molar-refractivity contribution in [3.63, 3.8) is 0 Å². The normalized spacial score (nSPS) is 11.1. The van der Waals surface area contributed by atoms with E-state index in [0.29, 0.717) is 18.2 Å². The molecule has 0 aliphatic rings. The van der Waals surface area contributed by atoms with Crippen molar-refractivity contribution in [1.29, 1.82) is 0 Å². The third-order valence-electron chi connectivity index (χ3n) is 1.50. The highest BCUT2D eigenvalue weighted by Gasteiger charge is 2.05. The fourth-order valence-electron chi connectivity index (χ4n) is 0.688. The summed E-state index contributed by atoms with van der Waals surface area (Å²) in [5.74, 6) is 1.08. The minimum Gasteiger partial charge on any atom is -0.310 e. The van der Waals surface area contributed by atoms with Crippen molar-refractivity contribution >= 4 is 5.78 Å². The molecule has 0 aromatic carbocycles. The van der Waals surface area contributed by atoms with E-state index in [2.05, 4.69) is 19.2 Å². The van der Waals surface area contributed by atoms with Gasteiger partial charge >= 0.3 is 0 Å². The zero-order chi connectivity index (χ0) is 8.85. The summed E-state index contributed by atoms with van der Waals surface area (Å²) in [7, 11) is 0. The van der Waals surface area contributed by atoms with Crippen LogP contribution in [0, 0.1) is 11.8 Å². The zero-order valence-electron chi connectivity index (χ0n) is 7.98. The van der Waals surface area contributed by atoms with Gasteiger partial charge in [-0.15, -0.1) is 0 Å². The Kier molecular flexibility index (Phi) is 5.12. The standard InChI is InChI=1S/C9H19NO/c1-7(2)5-10-6-9(11)8(3)4/h7-8,10H,5-6H2,1-4H3. The quantitative estimate of drug-likeness (QED) is 0.654. The van der Waals surface area contributed by atoms with E-state index in [4.69, 9.17) is 0 Å². The lowest BCUT2D eigenvalue weighted by atomic mass is 10.1. The van der Waals surface area contributed by atoms with Crippen LogP contribution >= 0.6 is 0 Å². The Bertz CT molecular complexity index is 119. The number of carbonyl (C=O) groups is 1. The Morgan fingerprint density at radius 2 is 1.82 bits per heavy atom. The number of carbonyl (C=O) groups excluding carboxylic acids is 1. The molecule has 1 N–H and O–H groups in total. The molecule has 11 heavy (non-hydrogen) atoms. The molecule has 0 heterocycles. The summed E-state index contributed by atoms with van der Waals surface area (Å²) < 4.78 is 0. The van der Waals surface area contributed by atoms with Gasteiger partial charge in [0.25, 0.3) is 0 Å². The summed E-state index contributed by atoms with van der Waals surface area (Å²) in [5.41, 5.74) is 0. The Balaban J connectivity index is 3.32. The first-order chi connectivity index (χ1) is 5.04. The Morgan fingerprint density at radius 1 is 1.27 bits per heavy atom. The van der Waals surface area contributed by atoms with Crippen LogP contribution in [-0.4, -0.2) is 18.9 Å². The van der Waals surface area contributed by atoms with Gasteiger partial charge in [0.1, 0.15) is 5.78 Å². The molecule has 0 aliphatic heterocycles. The first-order valence-electron chi connectivity index (χ1n) is 4.27. The highest BCUT2D eigenvalue weighted by atomic mass is 16.1. The molecule has 0 atom stereocenters. The molecule has 2 nitrogen and oxygen atoms in total. The van der Waals surface area contributed by atoms with E-state index in [0.717, 1.165) is 6.54 Å². The van der Waals surface area contributed by atoms with Crippen LogP contribution in [-0.2, 0) is 4.79 Å². The summed E-state index contributed by atoms with van der Waals surface area (Å²) in [6, 6.07) is 0. The predicted octanol–water partition coefficient (Wildman–Crippen LogP) is 1.46. The monoisotopic (exact) mass is 157 g/mol. The fourth-order valence-corrected chi connectivity index (χ4v) is 0.688. The zero-order valence-corrected chi connectivity index (χ0v) is 7.98. The number of hydrogen-bond acceptors (Lipinski definition) is 2. The summed E-state index contributed by atoms with van der Waals surface area (Å²) in [5, 5.41) is 3.12. The van der Waals surface area contributed by atoms with Gasteiger partial charge in [-0.1, -0.05) is 27.7 Å². The summed E-state index contributed by atoms with van der Waals surface area (Å²) in [6.07, 6.45) is 0. The van der Waals surface area contributed by atoms with Gasteiger partial charge in [0.2, 0.25) is 0 Å². The Morgan fingerprint density at radius 3 is 2.18 bits per heavy atom. The van der Waals surface area contributed by atoms with Crippen molar-refractivity contribution in [2.75, 3.05) is 13.1 Å². The Hall–Kier alpha value is -0.370. The van der Waals surface area contributed by atoms with Gasteiger partial charge in [-0.3, -0.25) is 4.79 Å². The molecule has 0 bridgehead atoms. The molecule has 66 valence electrons. The molecule has 0 radical (unpaired) electrons. The van der Waals surface area contributed by atoms with Gasteiger partial charge in [-0.2, -0.15) is 0 Å². The molecule has 0 fully saturated rings. The molecular weight excluding hydrogens is 138 g/mol. The third kappa shape index (κ3) is 6.05. The molecule has 0 saturated carbocycles. The van der Waals surface area contributed by atoms with Crippen molar-refractivity contribution in [1.82, 2.24) is 5.32 Å². The average molecular weight is 157 g/mol. The van der Waals surface area contributed by atoms with E-state index in [1.165, 1.54) is 0 Å². The van der Waals surface area contributed by atoms with E-state index >= 15 is 0 Å². The third-order valence-corrected chi connectivity index (χ3v) is 1.50. The number of nitrogens with one attached hydrogen (secondary N) is 1. The van der Waals surface area contributed by atoms with Crippen molar-refractivity contribution < 1.29 is 4.79 Å². The summed E-state index contributed by atoms with van der Waals surface area (Å²) >= 11 is 0. The average Bonchev–Trinajstić information content (AvgIpc) is 1.86. The van der Waals surface area contributed by atoms with Crippen molar-refractivity contribution in [2.24, 2.45) is 11.8 Å². The van der Waals surface area contributed by atoms with E-state index in [1.807, 2.05) is 13.8 Å². The van der Waals surface area contributed by atoms with Crippen molar-refractivity contribution in [2.45, 2.75) is 27.7 Å². The molecule has 0 aromatic rings. The van der Waals surface area contributed by atoms with E-state index in [-0.39, 0.29) is 5.92 Å². The predicted molar refractivity (Wildman–Crippen MR) is 47.6 cm³/mol. The molecule has 0 unspecified atom stereocenters. The maximum atomic E-state index is 11.1. The number of rotatable bonds is 5. The summed E-state index contributed by atoms with van der Waals surface area (Å²) in [6.45, 7) is 9.58. The Labute approximate surface area is 69.4 Å². The molecule has 0 spiro atoms. The van der Waals surface area contributed by atoms with E-state index in [1.54, 1.807) is 0 Å². The summed E-state index contributed by atoms with van der Waals surface area (Å²) in [4.78, 5) is 11.1. The minimum atomic E-state index is 0.162. The first-order valence-corrected chi connectivity index (χ1v) is 4.27. The topological polar surface area (TPSA) is 29.1 Å². The lowest BCUT2D eigenvalue weighted by Gasteiger charge is -2.07. The largest absolute Gasteiger partial charge is 0.310 e. The molecule has 0 aliphatic carbocycles. The second kappa shape index (κ2) is 5.30. The minimum absolute atomic E-state index is 0.162. The van der Waals surface area contributed by atoms with Crippen LogP contribution < -0.4 is 5.32 Å². The van der Waals surface area contributed by atoms with Gasteiger partial charge < -0.3 is 5.32 Å². The lowest BCUT2D eigenvalue weighted by molar-refractivity contribution is -0.121. The molecule has 0 aromatic heterocycles.